The van der Waals surface area contributed by atoms with Gasteiger partial charge in [0.05, 0.1) is 33.5 Å². The Morgan fingerprint density at radius 2 is 1.40 bits per heavy atom. The Morgan fingerprint density at radius 1 is 0.759 bits per heavy atom. The van der Waals surface area contributed by atoms with Crippen molar-refractivity contribution < 1.29 is 88.3 Å². The molecule has 2 fully saturated rings. The van der Waals surface area contributed by atoms with Gasteiger partial charge in [0, 0.05) is 23.8 Å². The number of esters is 1. The van der Waals surface area contributed by atoms with Gasteiger partial charge < -0.3 is 83.5 Å². The van der Waals surface area contributed by atoms with Gasteiger partial charge in [0.25, 0.3) is 0 Å². The van der Waals surface area contributed by atoms with Crippen molar-refractivity contribution in [3.63, 3.8) is 0 Å². The number of phenolic OH excluding ortho intramolecular Hbond substituents is 3. The molecule has 0 aliphatic carbocycles. The third kappa shape index (κ3) is 8.25. The van der Waals surface area contributed by atoms with E-state index in [-0.39, 0.29) is 51.0 Å². The molecule has 3 aromatic carbocycles. The quantitative estimate of drug-likeness (QED) is 0.0682. The number of aliphatic hydroxyl groups is 6. The first-order chi connectivity index (χ1) is 27.7. The molecule has 10 atom stereocenters. The number of phenols is 3. The van der Waals surface area contributed by atoms with Crippen molar-refractivity contribution in [2.75, 3.05) is 34.5 Å². The van der Waals surface area contributed by atoms with Crippen LogP contribution in [0.4, 0.5) is 0 Å². The molecule has 312 valence electrons. The van der Waals surface area contributed by atoms with Crippen LogP contribution in [0.3, 0.4) is 0 Å². The van der Waals surface area contributed by atoms with E-state index in [0.717, 1.165) is 12.1 Å². The van der Waals surface area contributed by atoms with Gasteiger partial charge in [-0.05, 0) is 48.0 Å². The lowest BCUT2D eigenvalue weighted by atomic mass is 9.89. The van der Waals surface area contributed by atoms with Crippen molar-refractivity contribution in [1.29, 1.82) is 0 Å². The summed E-state index contributed by atoms with van der Waals surface area (Å²) >= 11 is 0. The third-order valence-corrected chi connectivity index (χ3v) is 9.78. The van der Waals surface area contributed by atoms with Gasteiger partial charge in [-0.3, -0.25) is 4.79 Å². The lowest BCUT2D eigenvalue weighted by molar-refractivity contribution is -0.342. The molecule has 3 heterocycles. The summed E-state index contributed by atoms with van der Waals surface area (Å²) in [7, 11) is 3.86. The number of methoxy groups -OCH3 is 3. The summed E-state index contributed by atoms with van der Waals surface area (Å²) in [5.41, 5.74) is -0.367. The second kappa shape index (κ2) is 17.6. The highest BCUT2D eigenvalue weighted by atomic mass is 16.7. The highest BCUT2D eigenvalue weighted by Gasteiger charge is 2.52. The summed E-state index contributed by atoms with van der Waals surface area (Å²) in [5.74, 6) is -1.91. The maximum atomic E-state index is 13.5. The summed E-state index contributed by atoms with van der Waals surface area (Å²) in [6, 6.07) is 11.0. The lowest BCUT2D eigenvalue weighted by Gasteiger charge is -2.46. The molecule has 4 aromatic rings. The normalized spacial score (nSPS) is 27.4. The number of carbonyl (C=O) groups excluding carboxylic acids is 1. The number of rotatable bonds is 12. The van der Waals surface area contributed by atoms with E-state index in [9.17, 15) is 55.5 Å². The molecule has 0 spiro atoms. The fourth-order valence-electron chi connectivity index (χ4n) is 6.69. The molecular formula is C39H42O19. The van der Waals surface area contributed by atoms with Gasteiger partial charge in [-0.15, -0.1) is 0 Å². The molecule has 6 rings (SSSR count). The minimum atomic E-state index is -2.01. The predicted molar refractivity (Wildman–Crippen MR) is 197 cm³/mol. The Labute approximate surface area is 328 Å². The van der Waals surface area contributed by atoms with Crippen LogP contribution in [0.5, 0.6) is 34.5 Å². The smallest absolute Gasteiger partial charge is 0.330 e. The molecule has 19 heteroatoms. The highest BCUT2D eigenvalue weighted by Crippen LogP contribution is 2.47. The monoisotopic (exact) mass is 814 g/mol. The molecule has 0 saturated carbocycles. The molecule has 0 radical (unpaired) electrons. The number of carbonyl (C=O) groups is 1. The van der Waals surface area contributed by atoms with Crippen molar-refractivity contribution in [3.8, 4) is 45.8 Å². The van der Waals surface area contributed by atoms with E-state index in [0.29, 0.717) is 11.1 Å². The molecule has 19 nitrogen and oxygen atoms in total. The van der Waals surface area contributed by atoms with Crippen LogP contribution in [0, 0.1) is 0 Å². The number of aliphatic hydroxyl groups excluding tert-OH is 6. The number of hydrogen-bond donors (Lipinski definition) is 9. The standard InChI is InChI=1S/C39H42O19/c1-51-21-13-22-28(19(42)12-20(55-22)17-5-7-18(41)8-6-17)33(47)29(21)37-38(35(49)31(45)25(14-40)56-37)58-39-36(50)34(48)32(46)26(57-39)15-54-27(43)9-4-16-10-23(52-2)30(44)24(11-16)53-3/h4-13,25-26,31-32,34-41,44-50H,14-15H2,1-3H3/b9-4+. The summed E-state index contributed by atoms with van der Waals surface area (Å²) in [6.07, 6.45) is -15.7. The molecule has 10 unspecified atom stereocenters. The van der Waals surface area contributed by atoms with Crippen LogP contribution >= 0.6 is 0 Å². The topological polar surface area (TPSA) is 294 Å². The predicted octanol–water partition coefficient (Wildman–Crippen LogP) is 0.206. The highest BCUT2D eigenvalue weighted by molar-refractivity contribution is 5.89. The fraction of sp³-hybridized carbons (Fsp3) is 0.385. The van der Waals surface area contributed by atoms with Gasteiger partial charge in [0.1, 0.15) is 95.5 Å². The lowest BCUT2D eigenvalue weighted by Crippen LogP contribution is -2.63. The van der Waals surface area contributed by atoms with E-state index in [1.807, 2.05) is 0 Å². The molecule has 58 heavy (non-hydrogen) atoms. The summed E-state index contributed by atoms with van der Waals surface area (Å²) < 4.78 is 44.5. The van der Waals surface area contributed by atoms with Gasteiger partial charge in [-0.1, -0.05) is 0 Å². The Morgan fingerprint density at radius 3 is 2.02 bits per heavy atom. The van der Waals surface area contributed by atoms with Crippen LogP contribution in [0.2, 0.25) is 0 Å². The van der Waals surface area contributed by atoms with E-state index in [2.05, 4.69) is 0 Å². The van der Waals surface area contributed by atoms with Crippen LogP contribution in [-0.2, 0) is 23.7 Å². The van der Waals surface area contributed by atoms with E-state index >= 15 is 0 Å². The zero-order chi connectivity index (χ0) is 42.0. The van der Waals surface area contributed by atoms with Gasteiger partial charge in [0.15, 0.2) is 23.2 Å². The van der Waals surface area contributed by atoms with Crippen molar-refractivity contribution in [1.82, 2.24) is 0 Å². The average molecular weight is 815 g/mol. The van der Waals surface area contributed by atoms with E-state index in [1.54, 1.807) is 0 Å². The Balaban J connectivity index is 1.27. The van der Waals surface area contributed by atoms with Crippen LogP contribution < -0.4 is 19.6 Å². The number of aromatic hydroxyl groups is 3. The van der Waals surface area contributed by atoms with Crippen molar-refractivity contribution in [2.24, 2.45) is 0 Å². The number of benzene rings is 3. The largest absolute Gasteiger partial charge is 0.508 e. The molecule has 9 N–H and O–H groups in total. The number of fused-ring (bicyclic) bond motifs is 1. The molecule has 2 aliphatic heterocycles. The summed E-state index contributed by atoms with van der Waals surface area (Å²) in [4.78, 5) is 26.2. The van der Waals surface area contributed by atoms with E-state index in [4.69, 9.17) is 37.6 Å². The van der Waals surface area contributed by atoms with Gasteiger partial charge >= 0.3 is 5.97 Å². The Bertz CT molecular complexity index is 2160. The zero-order valence-corrected chi connectivity index (χ0v) is 31.1. The fourth-order valence-corrected chi connectivity index (χ4v) is 6.69. The maximum Gasteiger partial charge on any atom is 0.330 e. The summed E-state index contributed by atoms with van der Waals surface area (Å²) in [5, 5.41) is 95.8. The van der Waals surface area contributed by atoms with Gasteiger partial charge in [-0.25, -0.2) is 4.79 Å². The summed E-state index contributed by atoms with van der Waals surface area (Å²) in [6.45, 7) is -1.53. The minimum Gasteiger partial charge on any atom is -0.508 e. The van der Waals surface area contributed by atoms with Crippen molar-refractivity contribution in [2.45, 2.75) is 61.2 Å². The van der Waals surface area contributed by atoms with E-state index < -0.39 is 91.6 Å². The third-order valence-electron chi connectivity index (χ3n) is 9.78. The minimum absolute atomic E-state index is 0.0242. The number of hydrogen-bond acceptors (Lipinski definition) is 19. The molecule has 2 saturated heterocycles. The van der Waals surface area contributed by atoms with Crippen LogP contribution in [0.15, 0.2) is 63.8 Å². The zero-order valence-electron chi connectivity index (χ0n) is 31.1. The number of ether oxygens (including phenoxy) is 7. The van der Waals surface area contributed by atoms with Gasteiger partial charge in [0.2, 0.25) is 5.75 Å². The van der Waals surface area contributed by atoms with Crippen molar-refractivity contribution in [3.05, 3.63) is 76.0 Å². The second-order valence-corrected chi connectivity index (χ2v) is 13.3. The van der Waals surface area contributed by atoms with Crippen molar-refractivity contribution >= 4 is 23.0 Å². The van der Waals surface area contributed by atoms with Crippen LogP contribution in [0.1, 0.15) is 17.2 Å². The first-order valence-electron chi connectivity index (χ1n) is 17.7. The first kappa shape index (κ1) is 42.1. The SMILES string of the molecule is COc1cc(/C=C/C(=O)OCC2OC(OC3C(c4c(OC)cc5oc(-c6ccc(O)cc6)cc(=O)c5c4O)OC(CO)C(O)C3O)C(O)C(O)C2O)cc(OC)c1O. The van der Waals surface area contributed by atoms with Gasteiger partial charge in [-0.2, -0.15) is 0 Å². The van der Waals surface area contributed by atoms with E-state index in [1.165, 1.54) is 69.9 Å². The second-order valence-electron chi connectivity index (χ2n) is 13.3. The maximum absolute atomic E-state index is 13.5. The molecule has 0 bridgehead atoms. The van der Waals surface area contributed by atoms with Crippen LogP contribution in [0.25, 0.3) is 28.4 Å². The average Bonchev–Trinajstić information content (AvgIpc) is 3.21. The van der Waals surface area contributed by atoms with Crippen LogP contribution in [-0.4, -0.2) is 142 Å². The first-order valence-corrected chi connectivity index (χ1v) is 17.7. The Hall–Kier alpha value is -5.48. The molecule has 0 amide bonds. The molecule has 2 aliphatic rings. The Kier molecular flexibility index (Phi) is 12.8. The molecular weight excluding hydrogens is 772 g/mol. The molecule has 1 aromatic heterocycles.